The van der Waals surface area contributed by atoms with Crippen molar-refractivity contribution in [1.82, 2.24) is 9.97 Å². The van der Waals surface area contributed by atoms with Crippen molar-refractivity contribution in [2.75, 3.05) is 26.1 Å². The highest BCUT2D eigenvalue weighted by molar-refractivity contribution is 7.09. The number of thiophene rings is 1. The first-order chi connectivity index (χ1) is 11.8. The lowest BCUT2D eigenvalue weighted by Gasteiger charge is -2.10. The quantitative estimate of drug-likeness (QED) is 0.707. The number of methoxy groups -OCH3 is 2. The average Bonchev–Trinajstić information content (AvgIpc) is 3.15. The molecule has 0 unspecified atom stereocenters. The first kappa shape index (κ1) is 16.3. The van der Waals surface area contributed by atoms with E-state index >= 15 is 0 Å². The Morgan fingerprint density at radius 2 is 1.96 bits per heavy atom. The van der Waals surface area contributed by atoms with E-state index in [9.17, 15) is 0 Å². The SMILES string of the molecule is COc1cccc(-c2cc(NCCc3cccs3)nc(OC)n2)c1. The van der Waals surface area contributed by atoms with Crippen LogP contribution in [0.3, 0.4) is 0 Å². The van der Waals surface area contributed by atoms with Gasteiger partial charge in [0, 0.05) is 23.1 Å². The minimum atomic E-state index is 0.342. The molecule has 0 aliphatic heterocycles. The number of nitrogens with one attached hydrogen (secondary N) is 1. The summed E-state index contributed by atoms with van der Waals surface area (Å²) in [5.41, 5.74) is 1.75. The Morgan fingerprint density at radius 3 is 2.71 bits per heavy atom. The molecule has 0 saturated carbocycles. The molecule has 0 fully saturated rings. The molecule has 0 spiro atoms. The molecular weight excluding hydrogens is 322 g/mol. The summed E-state index contributed by atoms with van der Waals surface area (Å²) in [6.45, 7) is 0.804. The van der Waals surface area contributed by atoms with Gasteiger partial charge in [-0.1, -0.05) is 18.2 Å². The van der Waals surface area contributed by atoms with Gasteiger partial charge >= 0.3 is 6.01 Å². The zero-order valence-electron chi connectivity index (χ0n) is 13.7. The maximum absolute atomic E-state index is 5.28. The molecule has 1 aromatic carbocycles. The number of aromatic nitrogens is 2. The Bertz CT molecular complexity index is 791. The van der Waals surface area contributed by atoms with E-state index in [0.29, 0.717) is 6.01 Å². The predicted octanol–water partition coefficient (Wildman–Crippen LogP) is 3.88. The van der Waals surface area contributed by atoms with Gasteiger partial charge in [-0.2, -0.15) is 9.97 Å². The molecule has 0 saturated heterocycles. The molecule has 0 aliphatic rings. The van der Waals surface area contributed by atoms with Gasteiger partial charge in [0.1, 0.15) is 11.6 Å². The minimum absolute atomic E-state index is 0.342. The Kier molecular flexibility index (Phi) is 5.28. The van der Waals surface area contributed by atoms with Crippen LogP contribution in [0.2, 0.25) is 0 Å². The van der Waals surface area contributed by atoms with Gasteiger partial charge in [0.2, 0.25) is 0 Å². The predicted molar refractivity (Wildman–Crippen MR) is 97.1 cm³/mol. The number of ether oxygens (including phenoxy) is 2. The van der Waals surface area contributed by atoms with Crippen LogP contribution in [0.15, 0.2) is 47.8 Å². The molecule has 24 heavy (non-hydrogen) atoms. The molecule has 3 aromatic rings. The molecule has 3 rings (SSSR count). The number of nitrogens with zero attached hydrogens (tertiary/aromatic N) is 2. The van der Waals surface area contributed by atoms with Gasteiger partial charge < -0.3 is 14.8 Å². The number of anilines is 1. The van der Waals surface area contributed by atoms with Crippen molar-refractivity contribution >= 4 is 17.2 Å². The molecule has 0 aliphatic carbocycles. The van der Waals surface area contributed by atoms with Crippen molar-refractivity contribution in [3.05, 3.63) is 52.7 Å². The van der Waals surface area contributed by atoms with Crippen molar-refractivity contribution in [2.24, 2.45) is 0 Å². The summed E-state index contributed by atoms with van der Waals surface area (Å²) in [4.78, 5) is 10.1. The molecule has 2 aromatic heterocycles. The molecule has 124 valence electrons. The van der Waals surface area contributed by atoms with Gasteiger partial charge in [0.05, 0.1) is 19.9 Å². The van der Waals surface area contributed by atoms with E-state index in [1.807, 2.05) is 30.3 Å². The van der Waals surface area contributed by atoms with E-state index in [2.05, 4.69) is 32.8 Å². The van der Waals surface area contributed by atoms with Gasteiger partial charge in [-0.05, 0) is 30.0 Å². The standard InChI is InChI=1S/C18H19N3O2S/c1-22-14-6-3-5-13(11-14)16-12-17(21-18(20-16)23-2)19-9-8-15-7-4-10-24-15/h3-7,10-12H,8-9H2,1-2H3,(H,19,20,21). The van der Waals surface area contributed by atoms with Gasteiger partial charge in [-0.25, -0.2) is 0 Å². The zero-order chi connectivity index (χ0) is 16.8. The molecular formula is C18H19N3O2S. The van der Waals surface area contributed by atoms with Crippen LogP contribution in [0.5, 0.6) is 11.8 Å². The molecule has 2 heterocycles. The molecule has 1 N–H and O–H groups in total. The second-order valence-corrected chi connectivity index (χ2v) is 6.15. The first-order valence-electron chi connectivity index (χ1n) is 7.62. The largest absolute Gasteiger partial charge is 0.497 e. The van der Waals surface area contributed by atoms with E-state index in [1.165, 1.54) is 4.88 Å². The van der Waals surface area contributed by atoms with E-state index in [0.717, 1.165) is 35.8 Å². The normalized spacial score (nSPS) is 10.4. The maximum atomic E-state index is 5.28. The average molecular weight is 341 g/mol. The molecule has 0 atom stereocenters. The van der Waals surface area contributed by atoms with Crippen molar-refractivity contribution < 1.29 is 9.47 Å². The second kappa shape index (κ2) is 7.79. The maximum Gasteiger partial charge on any atom is 0.318 e. The van der Waals surface area contributed by atoms with Crippen LogP contribution in [-0.2, 0) is 6.42 Å². The molecule has 0 amide bonds. The van der Waals surface area contributed by atoms with E-state index in [-0.39, 0.29) is 0 Å². The third kappa shape index (κ3) is 4.02. The van der Waals surface area contributed by atoms with Gasteiger partial charge in [0.15, 0.2) is 0 Å². The topological polar surface area (TPSA) is 56.3 Å². The summed E-state index contributed by atoms with van der Waals surface area (Å²) >= 11 is 1.76. The Hall–Kier alpha value is -2.60. The summed E-state index contributed by atoms with van der Waals surface area (Å²) in [7, 11) is 3.22. The third-order valence-corrected chi connectivity index (χ3v) is 4.45. The van der Waals surface area contributed by atoms with Gasteiger partial charge in [-0.3, -0.25) is 0 Å². The zero-order valence-corrected chi connectivity index (χ0v) is 14.5. The van der Waals surface area contributed by atoms with E-state index < -0.39 is 0 Å². The summed E-state index contributed by atoms with van der Waals surface area (Å²) < 4.78 is 10.5. The van der Waals surface area contributed by atoms with Crippen LogP contribution in [-0.4, -0.2) is 30.7 Å². The monoisotopic (exact) mass is 341 g/mol. The summed E-state index contributed by atoms with van der Waals surface area (Å²) in [5.74, 6) is 1.54. The minimum Gasteiger partial charge on any atom is -0.497 e. The highest BCUT2D eigenvalue weighted by Gasteiger charge is 2.08. The summed E-state index contributed by atoms with van der Waals surface area (Å²) in [6, 6.07) is 14.2. The Morgan fingerprint density at radius 1 is 1.04 bits per heavy atom. The fourth-order valence-corrected chi connectivity index (χ4v) is 3.01. The first-order valence-corrected chi connectivity index (χ1v) is 8.50. The number of hydrogen-bond acceptors (Lipinski definition) is 6. The number of hydrogen-bond donors (Lipinski definition) is 1. The smallest absolute Gasteiger partial charge is 0.318 e. The summed E-state index contributed by atoms with van der Waals surface area (Å²) in [5, 5.41) is 5.43. The lowest BCUT2D eigenvalue weighted by Crippen LogP contribution is -2.07. The van der Waals surface area contributed by atoms with Crippen molar-refractivity contribution in [2.45, 2.75) is 6.42 Å². The molecule has 5 nitrogen and oxygen atoms in total. The highest BCUT2D eigenvalue weighted by atomic mass is 32.1. The van der Waals surface area contributed by atoms with Gasteiger partial charge in [0.25, 0.3) is 0 Å². The molecule has 6 heteroatoms. The van der Waals surface area contributed by atoms with Gasteiger partial charge in [-0.15, -0.1) is 11.3 Å². The van der Waals surface area contributed by atoms with Crippen LogP contribution in [0.4, 0.5) is 5.82 Å². The summed E-state index contributed by atoms with van der Waals surface area (Å²) in [6.07, 6.45) is 0.957. The van der Waals surface area contributed by atoms with Crippen LogP contribution in [0.1, 0.15) is 4.88 Å². The lowest BCUT2D eigenvalue weighted by atomic mass is 10.1. The fourth-order valence-electron chi connectivity index (χ4n) is 2.31. The molecule has 0 bridgehead atoms. The molecule has 0 radical (unpaired) electrons. The van der Waals surface area contributed by atoms with Crippen LogP contribution in [0.25, 0.3) is 11.3 Å². The van der Waals surface area contributed by atoms with E-state index in [4.69, 9.17) is 9.47 Å². The van der Waals surface area contributed by atoms with Crippen molar-refractivity contribution in [1.29, 1.82) is 0 Å². The van der Waals surface area contributed by atoms with E-state index in [1.54, 1.807) is 25.6 Å². The Labute approximate surface area is 145 Å². The Balaban J connectivity index is 1.79. The van der Waals surface area contributed by atoms with Crippen molar-refractivity contribution in [3.8, 4) is 23.0 Å². The third-order valence-electron chi connectivity index (χ3n) is 3.51. The lowest BCUT2D eigenvalue weighted by molar-refractivity contribution is 0.381. The van der Waals surface area contributed by atoms with Crippen LogP contribution < -0.4 is 14.8 Å². The number of benzene rings is 1. The van der Waals surface area contributed by atoms with Crippen LogP contribution >= 0.6 is 11.3 Å². The highest BCUT2D eigenvalue weighted by Crippen LogP contribution is 2.25. The van der Waals surface area contributed by atoms with Crippen LogP contribution in [0, 0.1) is 0 Å². The van der Waals surface area contributed by atoms with Crippen molar-refractivity contribution in [3.63, 3.8) is 0 Å². The fraction of sp³-hybridized carbons (Fsp3) is 0.222. The second-order valence-electron chi connectivity index (χ2n) is 5.11. The number of rotatable bonds is 7.